The predicted octanol–water partition coefficient (Wildman–Crippen LogP) is 6.31. The van der Waals surface area contributed by atoms with Gasteiger partial charge in [0.25, 0.3) is 11.8 Å². The first-order valence-electron chi connectivity index (χ1n) is 27.5. The summed E-state index contributed by atoms with van der Waals surface area (Å²) in [6, 6.07) is 17.4. The summed E-state index contributed by atoms with van der Waals surface area (Å²) in [4.78, 5) is 80.6. The molecular weight excluding hydrogens is 973 g/mol. The Bertz CT molecular complexity index is 3040. The van der Waals surface area contributed by atoms with Crippen molar-refractivity contribution in [3.05, 3.63) is 120 Å². The van der Waals surface area contributed by atoms with E-state index in [2.05, 4.69) is 52.8 Å². The number of para-hydroxylation sites is 2. The Morgan fingerprint density at radius 1 is 0.623 bits per heavy atom. The van der Waals surface area contributed by atoms with Crippen LogP contribution in [0, 0.1) is 11.8 Å². The molecule has 6 aromatic rings. The summed E-state index contributed by atoms with van der Waals surface area (Å²) in [7, 11) is 3.45. The van der Waals surface area contributed by atoms with Crippen LogP contribution in [0.5, 0.6) is 0 Å². The molecule has 6 heterocycles. The summed E-state index contributed by atoms with van der Waals surface area (Å²) in [5, 5.41) is 31.6. The number of amides is 5. The zero-order chi connectivity index (χ0) is 54.9. The molecule has 8 rings (SSSR count). The number of pyridine rings is 2. The van der Waals surface area contributed by atoms with Crippen LogP contribution >= 0.6 is 0 Å². The van der Waals surface area contributed by atoms with Crippen LogP contribution in [0.1, 0.15) is 130 Å². The van der Waals surface area contributed by atoms with Gasteiger partial charge in [0.2, 0.25) is 17.7 Å². The molecule has 2 saturated heterocycles. The van der Waals surface area contributed by atoms with Gasteiger partial charge in [0.1, 0.15) is 12.3 Å². The number of hydrogen-bond donors (Lipinski definition) is 7. The average molecular weight is 1050 g/mol. The van der Waals surface area contributed by atoms with Gasteiger partial charge in [0, 0.05) is 67.8 Å². The van der Waals surface area contributed by atoms with Gasteiger partial charge in [0.05, 0.1) is 70.1 Å². The number of benzene rings is 2. The first kappa shape index (κ1) is 56.2. The van der Waals surface area contributed by atoms with Gasteiger partial charge < -0.3 is 51.0 Å². The number of likely N-dealkylation sites (N-methyl/N-ethyl adjacent to an activating group) is 2. The number of carbonyl (C=O) groups excluding carboxylic acids is 5. The molecule has 7 N–H and O–H groups in total. The molecule has 0 spiro atoms. The van der Waals surface area contributed by atoms with Crippen LogP contribution in [0.4, 0.5) is 0 Å². The second kappa shape index (κ2) is 25.4. The molecule has 1 unspecified atom stereocenters. The fourth-order valence-electron chi connectivity index (χ4n) is 10.8. The lowest BCUT2D eigenvalue weighted by Crippen LogP contribution is -2.56. The van der Waals surface area contributed by atoms with Crippen molar-refractivity contribution < 1.29 is 29.1 Å². The van der Waals surface area contributed by atoms with Crippen molar-refractivity contribution in [3.63, 3.8) is 0 Å². The third-order valence-electron chi connectivity index (χ3n) is 15.6. The number of unbranched alkanes of at least 4 members (excludes halogenated alkanes) is 2. The summed E-state index contributed by atoms with van der Waals surface area (Å²) in [6.45, 7) is 13.6. The average Bonchev–Trinajstić information content (AvgIpc) is 4.30. The number of fused-ring (bicyclic) bond motifs is 2. The number of rotatable bonds is 23. The van der Waals surface area contributed by atoms with E-state index in [0.717, 1.165) is 89.3 Å². The second-order valence-electron chi connectivity index (χ2n) is 21.4. The van der Waals surface area contributed by atoms with Crippen molar-refractivity contribution in [2.24, 2.45) is 11.8 Å². The van der Waals surface area contributed by atoms with E-state index in [9.17, 15) is 29.1 Å². The predicted molar refractivity (Wildman–Crippen MR) is 300 cm³/mol. The summed E-state index contributed by atoms with van der Waals surface area (Å²) >= 11 is 0. The van der Waals surface area contributed by atoms with Crippen molar-refractivity contribution in [2.45, 2.75) is 129 Å². The van der Waals surface area contributed by atoms with Crippen LogP contribution in [-0.4, -0.2) is 134 Å². The number of aliphatic hydroxyl groups is 1. The van der Waals surface area contributed by atoms with E-state index in [4.69, 9.17) is 0 Å². The van der Waals surface area contributed by atoms with Gasteiger partial charge in [-0.2, -0.15) is 0 Å². The van der Waals surface area contributed by atoms with Crippen molar-refractivity contribution in [3.8, 4) is 11.4 Å². The minimum Gasteiger partial charge on any atom is -0.376 e. The molecule has 77 heavy (non-hydrogen) atoms. The molecule has 4 aromatic heterocycles. The molecule has 18 nitrogen and oxygen atoms in total. The Balaban J connectivity index is 0.863. The van der Waals surface area contributed by atoms with Crippen LogP contribution in [0.15, 0.2) is 97.8 Å². The SMILES string of the molecule is CN[C@@H](C)C(=O)N[C@@H](C(C)C)C(O)N1CCC[C@H]1c1cncc(-n2cc(C(=O)NCCCCCNC(=O)c3cn(-c4cncc([C@@H]5CCCN5C(=O)[C@@H](NC(=O)[C@H](C)NC)C(C)C)c4)c4ccccc34)c3ccccc32)c1. The quantitative estimate of drug-likeness (QED) is 0.0353. The van der Waals surface area contributed by atoms with Gasteiger partial charge in [-0.3, -0.25) is 38.8 Å². The minimum atomic E-state index is -0.897. The zero-order valence-corrected chi connectivity index (χ0v) is 45.9. The standard InChI is InChI=1S/C59H78N12O6/c1-36(2)52(66-54(72)38(5)60-7)58(76)68-26-16-22-48(68)40-28-42(32-62-30-40)70-34-46(44-18-10-12-20-50(44)70)56(74)64-24-14-9-15-25-65-57(75)47-35-71(51-21-13-11-19-45(47)51)43-29-41(31-63-33-43)49-23-17-27-69(49)59(77)53(37(3)4)67-55(73)39(6)61-8/h10-13,18-21,28-39,48-49,52-53,58,60-61,76H,9,14-17,22-27H2,1-8H3,(H,64,74)(H,65,75)(H,66,72)(H,67,73)/t38-,39-,48-,49-,52-,53-,58?/m0/s1. The number of nitrogens with one attached hydrogen (secondary N) is 6. The summed E-state index contributed by atoms with van der Waals surface area (Å²) in [5.41, 5.74) is 6.23. The molecule has 0 saturated carbocycles. The fourth-order valence-corrected chi connectivity index (χ4v) is 10.8. The molecular formula is C59H78N12O6. The Labute approximate surface area is 452 Å². The number of aliphatic hydroxyl groups excluding tert-OH is 1. The van der Waals surface area contributed by atoms with Crippen molar-refractivity contribution in [1.82, 2.24) is 60.8 Å². The highest BCUT2D eigenvalue weighted by Crippen LogP contribution is 2.37. The minimum absolute atomic E-state index is 0.00659. The normalized spacial score (nSPS) is 17.9. The van der Waals surface area contributed by atoms with Crippen LogP contribution in [0.2, 0.25) is 0 Å². The molecule has 2 aromatic carbocycles. The third kappa shape index (κ3) is 12.6. The lowest BCUT2D eigenvalue weighted by Gasteiger charge is -2.37. The van der Waals surface area contributed by atoms with Gasteiger partial charge in [-0.15, -0.1) is 0 Å². The molecule has 5 amide bonds. The highest BCUT2D eigenvalue weighted by molar-refractivity contribution is 6.08. The smallest absolute Gasteiger partial charge is 0.253 e. The summed E-state index contributed by atoms with van der Waals surface area (Å²) in [5.74, 6) is -0.960. The first-order chi connectivity index (χ1) is 37.1. The molecule has 2 aliphatic rings. The maximum absolute atomic E-state index is 14.0. The highest BCUT2D eigenvalue weighted by Gasteiger charge is 2.39. The van der Waals surface area contributed by atoms with Crippen LogP contribution in [-0.2, 0) is 14.4 Å². The van der Waals surface area contributed by atoms with E-state index in [0.29, 0.717) is 37.3 Å². The second-order valence-corrected chi connectivity index (χ2v) is 21.4. The molecule has 2 fully saturated rings. The van der Waals surface area contributed by atoms with E-state index < -0.39 is 30.4 Å². The molecule has 18 heteroatoms. The maximum Gasteiger partial charge on any atom is 0.253 e. The van der Waals surface area contributed by atoms with Gasteiger partial charge >= 0.3 is 0 Å². The molecule has 0 aliphatic carbocycles. The van der Waals surface area contributed by atoms with E-state index >= 15 is 0 Å². The monoisotopic (exact) mass is 1050 g/mol. The molecule has 7 atom stereocenters. The molecule has 2 aliphatic heterocycles. The number of hydrogen-bond acceptors (Lipinski definition) is 11. The van der Waals surface area contributed by atoms with Gasteiger partial charge in [0.15, 0.2) is 0 Å². The Morgan fingerprint density at radius 3 is 1.64 bits per heavy atom. The summed E-state index contributed by atoms with van der Waals surface area (Å²) < 4.78 is 3.97. The van der Waals surface area contributed by atoms with Crippen LogP contribution < -0.4 is 31.9 Å². The Morgan fingerprint density at radius 2 is 1.12 bits per heavy atom. The molecule has 0 radical (unpaired) electrons. The zero-order valence-electron chi connectivity index (χ0n) is 45.9. The van der Waals surface area contributed by atoms with Gasteiger partial charge in [-0.05, 0) is 120 Å². The molecule has 410 valence electrons. The highest BCUT2D eigenvalue weighted by atomic mass is 16.3. The largest absolute Gasteiger partial charge is 0.376 e. The van der Waals surface area contributed by atoms with Crippen molar-refractivity contribution in [2.75, 3.05) is 40.3 Å². The van der Waals surface area contributed by atoms with Crippen LogP contribution in [0.3, 0.4) is 0 Å². The number of likely N-dealkylation sites (tertiary alicyclic amines) is 2. The topological polar surface area (TPSA) is 220 Å². The molecule has 0 bridgehead atoms. The summed E-state index contributed by atoms with van der Waals surface area (Å²) in [6.07, 6.45) is 15.5. The third-order valence-corrected chi connectivity index (χ3v) is 15.6. The number of aromatic nitrogens is 4. The van der Waals surface area contributed by atoms with Gasteiger partial charge in [-0.1, -0.05) is 64.1 Å². The first-order valence-corrected chi connectivity index (χ1v) is 27.5. The Hall–Kier alpha value is -6.99. The van der Waals surface area contributed by atoms with Crippen molar-refractivity contribution >= 4 is 51.3 Å². The lowest BCUT2D eigenvalue weighted by atomic mass is 9.99. The van der Waals surface area contributed by atoms with E-state index in [1.165, 1.54) is 0 Å². The van der Waals surface area contributed by atoms with Gasteiger partial charge in [-0.25, -0.2) is 0 Å². The lowest BCUT2D eigenvalue weighted by molar-refractivity contribution is -0.138. The fraction of sp³-hybridized carbons (Fsp3) is 0.475. The van der Waals surface area contributed by atoms with E-state index in [1.54, 1.807) is 46.5 Å². The van der Waals surface area contributed by atoms with Crippen LogP contribution in [0.25, 0.3) is 33.2 Å². The Kier molecular flexibility index (Phi) is 18.6. The van der Waals surface area contributed by atoms with E-state index in [1.807, 2.05) is 115 Å². The van der Waals surface area contributed by atoms with Crippen molar-refractivity contribution in [1.29, 1.82) is 0 Å². The number of carbonyl (C=O) groups is 5. The van der Waals surface area contributed by atoms with E-state index in [-0.39, 0.29) is 53.5 Å². The number of nitrogens with zero attached hydrogens (tertiary/aromatic N) is 6. The maximum atomic E-state index is 14.0.